The van der Waals surface area contributed by atoms with Crippen LogP contribution in [0.5, 0.6) is 0 Å². The summed E-state index contributed by atoms with van der Waals surface area (Å²) >= 11 is 0. The number of aliphatic hydroxyl groups is 2. The topological polar surface area (TPSA) is 105 Å². The standard InChI is InChI=1S/C16H32O5.C13H7NO.9H2/c1-2-3-4-5-6-7-8-9-10-11-16(19)21-15(12-17)13-20-14-18;1-3-4-5-6-7-8-9-10-11-12-14-13(2)15;;;;;;;;;/h15,17-18H,2-14H2,1H3;1-2H3,(H,14,15);9*1H/t15-;;;;;;;;;;/m1........../s1. The largest absolute Gasteiger partial charge is 0.457 e. The molecule has 214 valence electrons. The van der Waals surface area contributed by atoms with Crippen molar-refractivity contribution in [2.24, 2.45) is 0 Å². The first-order valence-corrected chi connectivity index (χ1v) is 12.2. The van der Waals surface area contributed by atoms with E-state index in [1.165, 1.54) is 45.4 Å². The van der Waals surface area contributed by atoms with Gasteiger partial charge in [0.2, 0.25) is 5.91 Å². The van der Waals surface area contributed by atoms with Gasteiger partial charge in [0, 0.05) is 55.9 Å². The fourth-order valence-corrected chi connectivity index (χ4v) is 2.53. The molecule has 7 nitrogen and oxygen atoms in total. The predicted molar refractivity (Wildman–Crippen MR) is 159 cm³/mol. The molecule has 0 heterocycles. The van der Waals surface area contributed by atoms with E-state index in [4.69, 9.17) is 19.7 Å². The Bertz CT molecular complexity index is 933. The van der Waals surface area contributed by atoms with Crippen LogP contribution in [0.1, 0.15) is 97.8 Å². The minimum absolute atomic E-state index is 0. The second kappa shape index (κ2) is 29.7. The van der Waals surface area contributed by atoms with E-state index in [1.54, 1.807) is 6.92 Å². The van der Waals surface area contributed by atoms with Crippen LogP contribution in [0.25, 0.3) is 0 Å². The number of unbranched alkanes of at least 4 members (excludes halogenated alkanes) is 8. The van der Waals surface area contributed by atoms with Crippen LogP contribution in [0.3, 0.4) is 0 Å². The molecule has 36 heavy (non-hydrogen) atoms. The van der Waals surface area contributed by atoms with Gasteiger partial charge in [-0.3, -0.25) is 14.9 Å². The summed E-state index contributed by atoms with van der Waals surface area (Å²) in [5.41, 5.74) is 0. The number of aliphatic hydroxyl groups excluding tert-OH is 2. The van der Waals surface area contributed by atoms with Crippen molar-refractivity contribution in [2.45, 2.75) is 91.1 Å². The summed E-state index contributed by atoms with van der Waals surface area (Å²) in [6.07, 6.45) is 10.5. The van der Waals surface area contributed by atoms with Crippen LogP contribution >= 0.6 is 0 Å². The Morgan fingerprint density at radius 2 is 1.36 bits per heavy atom. The number of carbonyl (C=O) groups excluding carboxylic acids is 2. The highest BCUT2D eigenvalue weighted by Gasteiger charge is 2.13. The zero-order valence-corrected chi connectivity index (χ0v) is 21.8. The van der Waals surface area contributed by atoms with E-state index in [9.17, 15) is 9.59 Å². The smallest absolute Gasteiger partial charge is 0.306 e. The van der Waals surface area contributed by atoms with Gasteiger partial charge >= 0.3 is 5.97 Å². The van der Waals surface area contributed by atoms with E-state index in [0.717, 1.165) is 19.3 Å². The van der Waals surface area contributed by atoms with Crippen LogP contribution in [-0.4, -0.2) is 48.2 Å². The first-order chi connectivity index (χ1) is 17.5. The van der Waals surface area contributed by atoms with Gasteiger partial charge in [-0.25, -0.2) is 0 Å². The normalized spacial score (nSPS) is 9.25. The van der Waals surface area contributed by atoms with Crippen molar-refractivity contribution in [3.8, 4) is 59.3 Å². The molecule has 0 aromatic heterocycles. The van der Waals surface area contributed by atoms with E-state index in [0.29, 0.717) is 6.42 Å². The number of esters is 1. The second-order valence-corrected chi connectivity index (χ2v) is 7.43. The van der Waals surface area contributed by atoms with Crippen LogP contribution in [0.2, 0.25) is 0 Å². The van der Waals surface area contributed by atoms with Crippen LogP contribution in [0, 0.1) is 59.3 Å². The van der Waals surface area contributed by atoms with Crippen molar-refractivity contribution in [1.82, 2.24) is 5.32 Å². The lowest BCUT2D eigenvalue weighted by molar-refractivity contribution is -0.157. The third-order valence-electron chi connectivity index (χ3n) is 4.24. The maximum atomic E-state index is 11.5. The molecular weight excluding hydrogens is 458 g/mol. The SMILES string of the molecule is CC#CC#CC#CC#CC#CNC(C)=O.CCCCCCCCCCCC(=O)O[C@H](CO)COCO.[HH].[HH].[HH].[HH].[HH].[HH].[HH].[HH].[HH]. The van der Waals surface area contributed by atoms with Crippen molar-refractivity contribution in [2.75, 3.05) is 20.0 Å². The summed E-state index contributed by atoms with van der Waals surface area (Å²) < 4.78 is 9.75. The molecule has 0 radical (unpaired) electrons. The number of amides is 1. The highest BCUT2D eigenvalue weighted by atomic mass is 16.6. The van der Waals surface area contributed by atoms with E-state index in [2.05, 4.69) is 71.6 Å². The lowest BCUT2D eigenvalue weighted by atomic mass is 10.1. The summed E-state index contributed by atoms with van der Waals surface area (Å²) in [6, 6.07) is 2.35. The van der Waals surface area contributed by atoms with E-state index in [1.807, 2.05) is 0 Å². The maximum Gasteiger partial charge on any atom is 0.306 e. The zero-order valence-electron chi connectivity index (χ0n) is 21.8. The van der Waals surface area contributed by atoms with Crippen LogP contribution < -0.4 is 5.32 Å². The van der Waals surface area contributed by atoms with Crippen LogP contribution in [0.4, 0.5) is 0 Å². The average Bonchev–Trinajstić information content (AvgIpc) is 2.87. The molecule has 0 spiro atoms. The number of carbonyl (C=O) groups is 2. The summed E-state index contributed by atoms with van der Waals surface area (Å²) in [7, 11) is 0. The number of hydrogen-bond acceptors (Lipinski definition) is 6. The molecule has 0 rings (SSSR count). The molecule has 0 aliphatic heterocycles. The van der Waals surface area contributed by atoms with Crippen LogP contribution in [0.15, 0.2) is 0 Å². The van der Waals surface area contributed by atoms with Crippen molar-refractivity contribution in [3.05, 3.63) is 0 Å². The molecule has 0 aliphatic rings. The summed E-state index contributed by atoms with van der Waals surface area (Å²) in [5, 5.41) is 19.8. The maximum absolute atomic E-state index is 11.5. The lowest BCUT2D eigenvalue weighted by Gasteiger charge is -2.14. The van der Waals surface area contributed by atoms with Gasteiger partial charge in [0.1, 0.15) is 12.9 Å². The average molecular weight is 516 g/mol. The molecular formula is C29H57NO6. The quantitative estimate of drug-likeness (QED) is 0.0920. The van der Waals surface area contributed by atoms with Crippen molar-refractivity contribution >= 4 is 11.9 Å². The fraction of sp³-hybridized carbons (Fsp3) is 0.586. The summed E-state index contributed by atoms with van der Waals surface area (Å²) in [6.45, 7) is 4.58. The number of hydrogen-bond donors (Lipinski definition) is 3. The van der Waals surface area contributed by atoms with Gasteiger partial charge in [0.05, 0.1) is 13.2 Å². The Balaban J connectivity index is -0.0000000491. The Kier molecular flexibility index (Phi) is 28.7. The summed E-state index contributed by atoms with van der Waals surface area (Å²) in [5.74, 6) is 21.8. The third kappa shape index (κ3) is 30.6. The lowest BCUT2D eigenvalue weighted by Crippen LogP contribution is -2.27. The number of rotatable bonds is 15. The molecule has 1 amide bonds. The van der Waals surface area contributed by atoms with E-state index in [-0.39, 0.29) is 37.9 Å². The van der Waals surface area contributed by atoms with Gasteiger partial charge in [0.15, 0.2) is 0 Å². The zero-order chi connectivity index (χ0) is 27.1. The molecule has 0 bridgehead atoms. The molecule has 1 atom stereocenters. The molecule has 0 saturated carbocycles. The molecule has 0 fully saturated rings. The minimum atomic E-state index is -0.678. The Labute approximate surface area is 230 Å². The first-order valence-electron chi connectivity index (χ1n) is 12.2. The van der Waals surface area contributed by atoms with E-state index >= 15 is 0 Å². The van der Waals surface area contributed by atoms with Crippen LogP contribution in [-0.2, 0) is 19.1 Å². The Morgan fingerprint density at radius 3 is 1.86 bits per heavy atom. The van der Waals surface area contributed by atoms with Gasteiger partial charge in [-0.2, -0.15) is 0 Å². The molecule has 0 saturated heterocycles. The highest BCUT2D eigenvalue weighted by Crippen LogP contribution is 2.11. The van der Waals surface area contributed by atoms with E-state index < -0.39 is 12.9 Å². The molecule has 3 N–H and O–H groups in total. The van der Waals surface area contributed by atoms with Gasteiger partial charge in [-0.1, -0.05) is 64.2 Å². The first kappa shape index (κ1) is 34.8. The second-order valence-electron chi connectivity index (χ2n) is 7.43. The monoisotopic (exact) mass is 515 g/mol. The number of nitrogens with one attached hydrogen (secondary N) is 1. The molecule has 0 unspecified atom stereocenters. The fourth-order valence-electron chi connectivity index (χ4n) is 2.53. The van der Waals surface area contributed by atoms with Crippen molar-refractivity contribution < 1.29 is 42.1 Å². The molecule has 0 aliphatic carbocycles. The minimum Gasteiger partial charge on any atom is -0.457 e. The molecule has 7 heteroatoms. The van der Waals surface area contributed by atoms with Gasteiger partial charge in [-0.05, 0) is 37.0 Å². The van der Waals surface area contributed by atoms with Crippen molar-refractivity contribution in [3.63, 3.8) is 0 Å². The van der Waals surface area contributed by atoms with Gasteiger partial charge < -0.3 is 19.7 Å². The predicted octanol–water partition coefficient (Wildman–Crippen LogP) is 5.11. The number of ether oxygens (including phenoxy) is 2. The van der Waals surface area contributed by atoms with Crippen molar-refractivity contribution in [1.29, 1.82) is 0 Å². The van der Waals surface area contributed by atoms with Gasteiger partial charge in [-0.15, -0.1) is 0 Å². The molecule has 0 aromatic rings. The third-order valence-corrected chi connectivity index (χ3v) is 4.24. The highest BCUT2D eigenvalue weighted by molar-refractivity contribution is 5.74. The Morgan fingerprint density at radius 1 is 0.833 bits per heavy atom. The van der Waals surface area contributed by atoms with Gasteiger partial charge in [0.25, 0.3) is 0 Å². The molecule has 0 aromatic carbocycles. The Hall–Kier alpha value is -3.38. The summed E-state index contributed by atoms with van der Waals surface area (Å²) in [4.78, 5) is 21.9.